The van der Waals surface area contributed by atoms with Gasteiger partial charge < -0.3 is 24.3 Å². The lowest BCUT2D eigenvalue weighted by Crippen LogP contribution is -2.59. The summed E-state index contributed by atoms with van der Waals surface area (Å²) in [6.45, 7) is 12.3. The molecule has 1 aliphatic carbocycles. The smallest absolute Gasteiger partial charge is 0.410 e. The summed E-state index contributed by atoms with van der Waals surface area (Å²) in [6, 6.07) is 0.0779. The molecular formula is C24H38N6O3. The number of ether oxygens (including phenoxy) is 1. The van der Waals surface area contributed by atoms with Crippen LogP contribution >= 0.6 is 0 Å². The van der Waals surface area contributed by atoms with Crippen LogP contribution in [0.5, 0.6) is 0 Å². The zero-order valence-electron chi connectivity index (χ0n) is 21.1. The Morgan fingerprint density at radius 3 is 2.36 bits per heavy atom. The van der Waals surface area contributed by atoms with E-state index in [4.69, 9.17) is 9.72 Å². The summed E-state index contributed by atoms with van der Waals surface area (Å²) >= 11 is 0. The Bertz CT molecular complexity index is 923. The molecule has 1 aromatic rings. The van der Waals surface area contributed by atoms with E-state index in [2.05, 4.69) is 28.6 Å². The van der Waals surface area contributed by atoms with E-state index in [1.54, 1.807) is 25.3 Å². The average Bonchev–Trinajstić information content (AvgIpc) is 3.03. The third-order valence-corrected chi connectivity index (χ3v) is 7.15. The molecule has 0 unspecified atom stereocenters. The molecule has 1 spiro atoms. The number of piperazine rings is 1. The summed E-state index contributed by atoms with van der Waals surface area (Å²) in [7, 11) is 3.58. The first-order chi connectivity index (χ1) is 15.4. The summed E-state index contributed by atoms with van der Waals surface area (Å²) in [5, 5.41) is 0. The molecule has 3 aliphatic rings. The summed E-state index contributed by atoms with van der Waals surface area (Å²) in [6.07, 6.45) is 4.72. The molecule has 0 N–H and O–H groups in total. The van der Waals surface area contributed by atoms with Gasteiger partial charge in [-0.1, -0.05) is 6.42 Å². The fraction of sp³-hybridized carbons (Fsp3) is 0.750. The number of anilines is 2. The highest BCUT2D eigenvalue weighted by Crippen LogP contribution is 2.54. The molecule has 2 aliphatic heterocycles. The first kappa shape index (κ1) is 23.6. The molecule has 2 atom stereocenters. The van der Waals surface area contributed by atoms with Crippen molar-refractivity contribution in [3.8, 4) is 0 Å². The molecular weight excluding hydrogens is 420 g/mol. The SMILES string of the molecule is C[C@@H]1CN(c2ncnc3c2C2(CCC2)CN3CC(=O)N(C)C)[C@@H](C)CN1C(=O)OC(C)(C)C. The van der Waals surface area contributed by atoms with Gasteiger partial charge in [0.1, 0.15) is 23.6 Å². The minimum Gasteiger partial charge on any atom is -0.444 e. The normalized spacial score (nSPS) is 23.9. The van der Waals surface area contributed by atoms with Crippen LogP contribution in [0.2, 0.25) is 0 Å². The Morgan fingerprint density at radius 1 is 1.12 bits per heavy atom. The van der Waals surface area contributed by atoms with Gasteiger partial charge in [-0.2, -0.15) is 0 Å². The van der Waals surface area contributed by atoms with Crippen LogP contribution in [-0.2, 0) is 14.9 Å². The van der Waals surface area contributed by atoms with Gasteiger partial charge in [0.25, 0.3) is 0 Å². The minimum atomic E-state index is -0.519. The van der Waals surface area contributed by atoms with E-state index >= 15 is 0 Å². The summed E-state index contributed by atoms with van der Waals surface area (Å²) in [5.74, 6) is 1.93. The van der Waals surface area contributed by atoms with Crippen molar-refractivity contribution >= 4 is 23.6 Å². The van der Waals surface area contributed by atoms with E-state index in [0.717, 1.165) is 31.0 Å². The van der Waals surface area contributed by atoms with Crippen molar-refractivity contribution in [3.05, 3.63) is 11.9 Å². The number of likely N-dealkylation sites (N-methyl/N-ethyl adjacent to an activating group) is 1. The van der Waals surface area contributed by atoms with Crippen LogP contribution in [-0.4, -0.2) is 89.7 Å². The van der Waals surface area contributed by atoms with Gasteiger partial charge in [-0.15, -0.1) is 0 Å². The predicted molar refractivity (Wildman–Crippen MR) is 128 cm³/mol. The van der Waals surface area contributed by atoms with Gasteiger partial charge in [-0.25, -0.2) is 14.8 Å². The quantitative estimate of drug-likeness (QED) is 0.689. The molecule has 2 fully saturated rings. The minimum absolute atomic E-state index is 0.00756. The van der Waals surface area contributed by atoms with Crippen LogP contribution in [0.25, 0.3) is 0 Å². The standard InChI is InChI=1S/C24H38N6O3/c1-16-12-30(22(32)33-23(3,4)5)17(2)11-29(16)21-19-20(25-15-26-21)28(13-18(31)27(6)7)14-24(19)9-8-10-24/h15-17H,8-14H2,1-7H3/t16-,17+/m0/s1. The Hall–Kier alpha value is -2.58. The van der Waals surface area contributed by atoms with E-state index < -0.39 is 5.60 Å². The van der Waals surface area contributed by atoms with E-state index in [0.29, 0.717) is 19.6 Å². The highest BCUT2D eigenvalue weighted by molar-refractivity contribution is 5.83. The molecule has 4 rings (SSSR count). The largest absolute Gasteiger partial charge is 0.444 e. The van der Waals surface area contributed by atoms with E-state index in [9.17, 15) is 9.59 Å². The van der Waals surface area contributed by atoms with Crippen LogP contribution in [0.4, 0.5) is 16.4 Å². The molecule has 0 radical (unpaired) electrons. The number of hydrogen-bond donors (Lipinski definition) is 0. The van der Waals surface area contributed by atoms with E-state index in [1.165, 1.54) is 12.0 Å². The van der Waals surface area contributed by atoms with Crippen LogP contribution < -0.4 is 9.80 Å². The van der Waals surface area contributed by atoms with Gasteiger partial charge >= 0.3 is 6.09 Å². The van der Waals surface area contributed by atoms with Gasteiger partial charge in [0.2, 0.25) is 5.91 Å². The van der Waals surface area contributed by atoms with E-state index in [-0.39, 0.29) is 29.5 Å². The van der Waals surface area contributed by atoms with E-state index in [1.807, 2.05) is 25.7 Å². The van der Waals surface area contributed by atoms with Crippen molar-refractivity contribution in [2.45, 2.75) is 77.0 Å². The number of fused-ring (bicyclic) bond motifs is 2. The Kier molecular flexibility index (Phi) is 5.95. The number of rotatable bonds is 3. The summed E-state index contributed by atoms with van der Waals surface area (Å²) in [5.41, 5.74) is 0.686. The second-order valence-electron chi connectivity index (χ2n) is 11.2. The lowest BCUT2D eigenvalue weighted by molar-refractivity contribution is -0.127. The number of carbonyl (C=O) groups is 2. The van der Waals surface area contributed by atoms with Crippen LogP contribution in [0.3, 0.4) is 0 Å². The molecule has 182 valence electrons. The van der Waals surface area contributed by atoms with Crippen molar-refractivity contribution in [2.75, 3.05) is 50.1 Å². The number of aromatic nitrogens is 2. The first-order valence-corrected chi connectivity index (χ1v) is 12.0. The molecule has 1 saturated carbocycles. The third-order valence-electron chi connectivity index (χ3n) is 7.15. The van der Waals surface area contributed by atoms with Gasteiger partial charge in [-0.3, -0.25) is 4.79 Å². The predicted octanol–water partition coefficient (Wildman–Crippen LogP) is 2.64. The number of amides is 2. The fourth-order valence-electron chi connectivity index (χ4n) is 5.26. The average molecular weight is 459 g/mol. The first-order valence-electron chi connectivity index (χ1n) is 12.0. The zero-order valence-corrected chi connectivity index (χ0v) is 21.1. The van der Waals surface area contributed by atoms with Gasteiger partial charge in [-0.05, 0) is 47.5 Å². The van der Waals surface area contributed by atoms with Crippen LogP contribution in [0.1, 0.15) is 59.4 Å². The van der Waals surface area contributed by atoms with Crippen molar-refractivity contribution in [3.63, 3.8) is 0 Å². The third kappa shape index (κ3) is 4.34. The Balaban J connectivity index is 1.62. The lowest BCUT2D eigenvalue weighted by Gasteiger charge is -2.46. The number of nitrogens with zero attached hydrogens (tertiary/aromatic N) is 6. The maximum atomic E-state index is 12.8. The molecule has 1 saturated heterocycles. The highest BCUT2D eigenvalue weighted by Gasteiger charge is 2.51. The summed E-state index contributed by atoms with van der Waals surface area (Å²) in [4.78, 5) is 42.6. The lowest BCUT2D eigenvalue weighted by atomic mass is 9.66. The molecule has 33 heavy (non-hydrogen) atoms. The fourth-order valence-corrected chi connectivity index (χ4v) is 5.26. The second-order valence-corrected chi connectivity index (χ2v) is 11.2. The zero-order chi connectivity index (χ0) is 24.1. The molecule has 1 aromatic heterocycles. The van der Waals surface area contributed by atoms with Gasteiger partial charge in [0.15, 0.2) is 0 Å². The van der Waals surface area contributed by atoms with Crippen molar-refractivity contribution < 1.29 is 14.3 Å². The maximum absolute atomic E-state index is 12.8. The van der Waals surface area contributed by atoms with Crippen molar-refractivity contribution in [1.29, 1.82) is 0 Å². The Labute approximate surface area is 197 Å². The van der Waals surface area contributed by atoms with Crippen molar-refractivity contribution in [2.24, 2.45) is 0 Å². The molecule has 3 heterocycles. The van der Waals surface area contributed by atoms with Gasteiger partial charge in [0.05, 0.1) is 6.54 Å². The summed E-state index contributed by atoms with van der Waals surface area (Å²) < 4.78 is 5.64. The molecule has 9 heteroatoms. The van der Waals surface area contributed by atoms with Gasteiger partial charge in [0, 0.05) is 56.8 Å². The highest BCUT2D eigenvalue weighted by atomic mass is 16.6. The molecule has 2 amide bonds. The monoisotopic (exact) mass is 458 g/mol. The van der Waals surface area contributed by atoms with Crippen molar-refractivity contribution in [1.82, 2.24) is 19.8 Å². The molecule has 0 aromatic carbocycles. The number of carbonyl (C=O) groups excluding carboxylic acids is 2. The topological polar surface area (TPSA) is 82.1 Å². The maximum Gasteiger partial charge on any atom is 0.410 e. The molecule has 0 bridgehead atoms. The van der Waals surface area contributed by atoms with Crippen LogP contribution in [0, 0.1) is 0 Å². The Morgan fingerprint density at radius 2 is 1.79 bits per heavy atom. The molecule has 9 nitrogen and oxygen atoms in total. The number of hydrogen-bond acceptors (Lipinski definition) is 7. The van der Waals surface area contributed by atoms with Crippen LogP contribution in [0.15, 0.2) is 6.33 Å². The second kappa shape index (κ2) is 8.33.